The molecule has 1 aromatic heterocycles. The van der Waals surface area contributed by atoms with Crippen LogP contribution in [0.2, 0.25) is 0 Å². The molecule has 0 amide bonds. The Kier molecular flexibility index (Phi) is 3.77. The number of fused-ring (bicyclic) bond motifs is 3. The van der Waals surface area contributed by atoms with Gasteiger partial charge < -0.3 is 4.74 Å². The van der Waals surface area contributed by atoms with Crippen molar-refractivity contribution < 1.29 is 4.74 Å². The molecule has 3 aliphatic rings. The molecule has 0 aliphatic carbocycles. The van der Waals surface area contributed by atoms with E-state index in [0.717, 1.165) is 17.8 Å². The van der Waals surface area contributed by atoms with Crippen molar-refractivity contribution >= 4 is 0 Å². The summed E-state index contributed by atoms with van der Waals surface area (Å²) < 4.78 is 6.11. The van der Waals surface area contributed by atoms with Crippen LogP contribution in [-0.4, -0.2) is 40.8 Å². The molecule has 4 heterocycles. The van der Waals surface area contributed by atoms with Crippen molar-refractivity contribution in [2.24, 2.45) is 5.92 Å². The highest BCUT2D eigenvalue weighted by atomic mass is 16.5. The minimum absolute atomic E-state index is 0.277. The first-order valence-electron chi connectivity index (χ1n) is 8.49. The number of aryl methyl sites for hydroxylation is 2. The van der Waals surface area contributed by atoms with Crippen LogP contribution in [0.3, 0.4) is 0 Å². The van der Waals surface area contributed by atoms with Crippen molar-refractivity contribution in [3.8, 4) is 17.1 Å². The summed E-state index contributed by atoms with van der Waals surface area (Å²) >= 11 is 0. The fourth-order valence-electron chi connectivity index (χ4n) is 3.64. The van der Waals surface area contributed by atoms with E-state index in [1.165, 1.54) is 37.1 Å². The predicted octanol–water partition coefficient (Wildman–Crippen LogP) is 3.23. The smallest absolute Gasteiger partial charge is 0.233 e. The molecule has 0 radical (unpaired) electrons. The Morgan fingerprint density at radius 3 is 2.43 bits per heavy atom. The minimum atomic E-state index is 0.277. The Labute approximate surface area is 137 Å². The molecule has 4 nitrogen and oxygen atoms in total. The maximum atomic E-state index is 6.11. The third kappa shape index (κ3) is 2.95. The number of nitrogens with zero attached hydrogens (tertiary/aromatic N) is 3. The second kappa shape index (κ2) is 5.93. The Morgan fingerprint density at radius 1 is 1.00 bits per heavy atom. The van der Waals surface area contributed by atoms with Gasteiger partial charge in [0.05, 0.1) is 5.69 Å². The molecule has 2 aromatic rings. The molecule has 2 bridgehead atoms. The van der Waals surface area contributed by atoms with Crippen LogP contribution in [0.4, 0.5) is 0 Å². The second-order valence-corrected chi connectivity index (χ2v) is 6.85. The molecule has 4 heteroatoms. The van der Waals surface area contributed by atoms with Crippen molar-refractivity contribution in [2.75, 3.05) is 19.6 Å². The number of hydrogen-bond donors (Lipinski definition) is 0. The fourth-order valence-corrected chi connectivity index (χ4v) is 3.64. The van der Waals surface area contributed by atoms with E-state index < -0.39 is 0 Å². The van der Waals surface area contributed by atoms with Crippen molar-refractivity contribution in [2.45, 2.75) is 32.8 Å². The molecule has 23 heavy (non-hydrogen) atoms. The van der Waals surface area contributed by atoms with Crippen LogP contribution >= 0.6 is 0 Å². The average molecular weight is 309 g/mol. The summed E-state index contributed by atoms with van der Waals surface area (Å²) in [4.78, 5) is 2.49. The van der Waals surface area contributed by atoms with Gasteiger partial charge in [0, 0.05) is 18.2 Å². The van der Waals surface area contributed by atoms with E-state index in [-0.39, 0.29) is 6.10 Å². The zero-order valence-electron chi connectivity index (χ0n) is 13.8. The zero-order valence-corrected chi connectivity index (χ0v) is 13.8. The van der Waals surface area contributed by atoms with Gasteiger partial charge in [-0.3, -0.25) is 4.90 Å². The summed E-state index contributed by atoms with van der Waals surface area (Å²) in [5, 5.41) is 8.65. The lowest BCUT2D eigenvalue weighted by Crippen LogP contribution is -2.52. The Bertz CT molecular complexity index is 690. The van der Waals surface area contributed by atoms with Gasteiger partial charge in [0.25, 0.3) is 0 Å². The van der Waals surface area contributed by atoms with E-state index in [4.69, 9.17) is 4.74 Å². The van der Waals surface area contributed by atoms with Crippen molar-refractivity contribution in [1.82, 2.24) is 15.1 Å². The van der Waals surface area contributed by atoms with Crippen LogP contribution in [-0.2, 0) is 0 Å². The molecule has 0 saturated carbocycles. The molecule has 0 unspecified atom stereocenters. The lowest BCUT2D eigenvalue weighted by atomic mass is 9.86. The fraction of sp³-hybridized carbons (Fsp3) is 0.474. The number of hydrogen-bond acceptors (Lipinski definition) is 4. The molecule has 1 aromatic carbocycles. The van der Waals surface area contributed by atoms with Crippen molar-refractivity contribution in [3.63, 3.8) is 0 Å². The highest BCUT2D eigenvalue weighted by molar-refractivity contribution is 5.60. The number of benzene rings is 1. The molecule has 3 aliphatic heterocycles. The molecular formula is C19H23N3O. The minimum Gasteiger partial charge on any atom is -0.472 e. The maximum absolute atomic E-state index is 6.11. The summed E-state index contributed by atoms with van der Waals surface area (Å²) in [6.45, 7) is 7.72. The summed E-state index contributed by atoms with van der Waals surface area (Å²) in [7, 11) is 0. The van der Waals surface area contributed by atoms with Crippen LogP contribution in [0.1, 0.15) is 24.0 Å². The topological polar surface area (TPSA) is 38.2 Å². The first-order valence-corrected chi connectivity index (χ1v) is 8.49. The third-order valence-electron chi connectivity index (χ3n) is 5.31. The third-order valence-corrected chi connectivity index (χ3v) is 5.31. The Morgan fingerprint density at radius 2 is 1.83 bits per heavy atom. The van der Waals surface area contributed by atoms with Crippen LogP contribution in [0.5, 0.6) is 5.88 Å². The van der Waals surface area contributed by atoms with E-state index in [9.17, 15) is 0 Å². The number of piperidine rings is 3. The highest BCUT2D eigenvalue weighted by Gasteiger charge is 2.35. The van der Waals surface area contributed by atoms with Gasteiger partial charge in [-0.05, 0) is 69.0 Å². The molecule has 0 spiro atoms. The van der Waals surface area contributed by atoms with Crippen LogP contribution in [0.15, 0.2) is 30.3 Å². The quantitative estimate of drug-likeness (QED) is 0.872. The van der Waals surface area contributed by atoms with E-state index in [1.54, 1.807) is 0 Å². The average Bonchev–Trinajstić information content (AvgIpc) is 2.59. The lowest BCUT2D eigenvalue weighted by molar-refractivity contribution is -0.0103. The molecule has 120 valence electrons. The zero-order chi connectivity index (χ0) is 15.8. The number of ether oxygens (including phenoxy) is 1. The normalized spacial score (nSPS) is 26.3. The van der Waals surface area contributed by atoms with Gasteiger partial charge in [-0.25, -0.2) is 0 Å². The van der Waals surface area contributed by atoms with E-state index in [0.29, 0.717) is 11.8 Å². The molecule has 3 fully saturated rings. The van der Waals surface area contributed by atoms with Gasteiger partial charge in [0.15, 0.2) is 0 Å². The Balaban J connectivity index is 1.48. The van der Waals surface area contributed by atoms with E-state index in [1.807, 2.05) is 12.1 Å². The van der Waals surface area contributed by atoms with Gasteiger partial charge in [0.1, 0.15) is 6.10 Å². The van der Waals surface area contributed by atoms with Gasteiger partial charge >= 0.3 is 0 Å². The molecule has 3 saturated heterocycles. The van der Waals surface area contributed by atoms with Gasteiger partial charge in [0.2, 0.25) is 5.88 Å². The van der Waals surface area contributed by atoms with Crippen LogP contribution in [0.25, 0.3) is 11.3 Å². The van der Waals surface area contributed by atoms with Gasteiger partial charge in [-0.1, -0.05) is 12.1 Å². The predicted molar refractivity (Wildman–Crippen MR) is 90.5 cm³/mol. The Hall–Kier alpha value is -1.94. The molecule has 0 N–H and O–H groups in total. The van der Waals surface area contributed by atoms with Crippen molar-refractivity contribution in [1.29, 1.82) is 0 Å². The highest BCUT2D eigenvalue weighted by Crippen LogP contribution is 2.30. The lowest BCUT2D eigenvalue weighted by Gasteiger charge is -2.44. The van der Waals surface area contributed by atoms with Gasteiger partial charge in [-0.15, -0.1) is 10.2 Å². The first-order chi connectivity index (χ1) is 11.2. The standard InChI is InChI=1S/C19H23N3O/c1-13-3-4-16(11-14(13)2)17-5-6-19(21-20-17)23-18-12-22-9-7-15(18)8-10-22/h3-6,11,15,18H,7-10,12H2,1-2H3/t18-/m0/s1. The molecule has 5 rings (SSSR count). The number of rotatable bonds is 3. The number of aromatic nitrogens is 2. The molecule has 1 atom stereocenters. The first kappa shape index (κ1) is 14.6. The van der Waals surface area contributed by atoms with Crippen LogP contribution < -0.4 is 4.74 Å². The maximum Gasteiger partial charge on any atom is 0.233 e. The molecular weight excluding hydrogens is 286 g/mol. The summed E-state index contributed by atoms with van der Waals surface area (Å²) in [5.74, 6) is 1.33. The largest absolute Gasteiger partial charge is 0.472 e. The van der Waals surface area contributed by atoms with E-state index >= 15 is 0 Å². The van der Waals surface area contributed by atoms with Gasteiger partial charge in [-0.2, -0.15) is 0 Å². The second-order valence-electron chi connectivity index (χ2n) is 6.85. The summed E-state index contributed by atoms with van der Waals surface area (Å²) in [5.41, 5.74) is 4.57. The van der Waals surface area contributed by atoms with E-state index in [2.05, 4.69) is 47.1 Å². The summed E-state index contributed by atoms with van der Waals surface area (Å²) in [6.07, 6.45) is 2.77. The van der Waals surface area contributed by atoms with Crippen molar-refractivity contribution in [3.05, 3.63) is 41.5 Å². The monoisotopic (exact) mass is 309 g/mol. The summed E-state index contributed by atoms with van der Waals surface area (Å²) in [6, 6.07) is 10.3. The van der Waals surface area contributed by atoms with Crippen LogP contribution in [0, 0.1) is 19.8 Å². The SMILES string of the molecule is Cc1ccc(-c2ccc(O[C@H]3CN4CCC3CC4)nn2)cc1C.